The predicted octanol–water partition coefficient (Wildman–Crippen LogP) is 2.56. The van der Waals surface area contributed by atoms with Gasteiger partial charge in [-0.25, -0.2) is 0 Å². The summed E-state index contributed by atoms with van der Waals surface area (Å²) in [6, 6.07) is 11.5. The lowest BCUT2D eigenvalue weighted by Crippen LogP contribution is -2.19. The highest BCUT2D eigenvalue weighted by atomic mass is 16.5. The normalized spacial score (nSPS) is 11.6. The molecule has 27 heavy (non-hydrogen) atoms. The van der Waals surface area contributed by atoms with Gasteiger partial charge in [0.25, 0.3) is 5.56 Å². The van der Waals surface area contributed by atoms with E-state index in [9.17, 15) is 4.79 Å². The van der Waals surface area contributed by atoms with Crippen LogP contribution in [0.1, 0.15) is 0 Å². The Bertz CT molecular complexity index is 979. The number of benzene rings is 2. The van der Waals surface area contributed by atoms with Crippen LogP contribution in [0.4, 0.5) is 0 Å². The molecule has 0 aliphatic carbocycles. The number of likely N-dealkylation sites (N-methyl/N-ethyl adjacent to an activating group) is 2. The van der Waals surface area contributed by atoms with Crippen molar-refractivity contribution in [2.24, 2.45) is 0 Å². The third kappa shape index (κ3) is 4.78. The van der Waals surface area contributed by atoms with E-state index in [1.54, 1.807) is 0 Å². The highest BCUT2D eigenvalue weighted by Gasteiger charge is 2.08. The van der Waals surface area contributed by atoms with Crippen molar-refractivity contribution in [2.45, 2.75) is 0 Å². The SMILES string of the molecule is CN(C)CCOc1ccc2c(c1)[nH]c(=O)c1cc(OCCN(C)C)ccc12. The highest BCUT2D eigenvalue weighted by Crippen LogP contribution is 2.27. The van der Waals surface area contributed by atoms with E-state index in [0.29, 0.717) is 24.3 Å². The topological polar surface area (TPSA) is 57.8 Å². The van der Waals surface area contributed by atoms with Crippen LogP contribution in [0.15, 0.2) is 41.2 Å². The van der Waals surface area contributed by atoms with Gasteiger partial charge in [0.1, 0.15) is 24.7 Å². The molecule has 0 radical (unpaired) electrons. The van der Waals surface area contributed by atoms with Crippen molar-refractivity contribution in [3.8, 4) is 11.5 Å². The number of aromatic nitrogens is 1. The largest absolute Gasteiger partial charge is 0.492 e. The molecular formula is C21H27N3O3. The summed E-state index contributed by atoms with van der Waals surface area (Å²) in [7, 11) is 8.01. The molecule has 0 atom stereocenters. The van der Waals surface area contributed by atoms with Gasteiger partial charge >= 0.3 is 0 Å². The average Bonchev–Trinajstić information content (AvgIpc) is 2.61. The van der Waals surface area contributed by atoms with Crippen LogP contribution in [-0.4, -0.2) is 69.3 Å². The van der Waals surface area contributed by atoms with Crippen molar-refractivity contribution >= 4 is 21.7 Å². The van der Waals surface area contributed by atoms with Gasteiger partial charge in [-0.05, 0) is 63.9 Å². The van der Waals surface area contributed by atoms with Crippen LogP contribution in [0, 0.1) is 0 Å². The predicted molar refractivity (Wildman–Crippen MR) is 110 cm³/mol. The number of rotatable bonds is 8. The maximum atomic E-state index is 12.6. The minimum atomic E-state index is -0.124. The number of H-pyrrole nitrogens is 1. The molecule has 0 aliphatic heterocycles. The molecule has 0 aliphatic rings. The Kier molecular flexibility index (Phi) is 5.98. The lowest BCUT2D eigenvalue weighted by molar-refractivity contribution is 0.261. The first-order chi connectivity index (χ1) is 12.9. The molecule has 3 rings (SSSR count). The summed E-state index contributed by atoms with van der Waals surface area (Å²) < 4.78 is 11.5. The monoisotopic (exact) mass is 369 g/mol. The van der Waals surface area contributed by atoms with E-state index in [0.717, 1.165) is 35.1 Å². The number of nitrogens with one attached hydrogen (secondary N) is 1. The van der Waals surface area contributed by atoms with Crippen LogP contribution in [0.25, 0.3) is 21.7 Å². The summed E-state index contributed by atoms with van der Waals surface area (Å²) in [6.45, 7) is 2.84. The van der Waals surface area contributed by atoms with E-state index < -0.39 is 0 Å². The summed E-state index contributed by atoms with van der Waals surface area (Å²) in [4.78, 5) is 19.7. The number of pyridine rings is 1. The van der Waals surface area contributed by atoms with E-state index in [4.69, 9.17) is 9.47 Å². The van der Waals surface area contributed by atoms with Gasteiger partial charge in [0.15, 0.2) is 0 Å². The van der Waals surface area contributed by atoms with Crippen LogP contribution in [0.5, 0.6) is 11.5 Å². The maximum Gasteiger partial charge on any atom is 0.256 e. The molecule has 0 bridgehead atoms. The summed E-state index contributed by atoms with van der Waals surface area (Å²) in [5.41, 5.74) is 0.650. The molecule has 1 heterocycles. The van der Waals surface area contributed by atoms with Gasteiger partial charge in [-0.2, -0.15) is 0 Å². The van der Waals surface area contributed by atoms with Crippen molar-refractivity contribution in [1.82, 2.24) is 14.8 Å². The number of hydrogen-bond acceptors (Lipinski definition) is 5. The fraction of sp³-hybridized carbons (Fsp3) is 0.381. The number of ether oxygens (including phenoxy) is 2. The summed E-state index contributed by atoms with van der Waals surface area (Å²) in [5, 5.41) is 2.53. The second-order valence-electron chi connectivity index (χ2n) is 7.17. The molecule has 0 fully saturated rings. The van der Waals surface area contributed by atoms with Gasteiger partial charge in [-0.15, -0.1) is 0 Å². The standard InChI is InChI=1S/C21H27N3O3/c1-23(2)9-11-26-15-5-7-17-18-8-6-16(27-12-10-24(3)4)14-20(18)22-21(25)19(17)13-15/h5-8,13-14H,9-12H2,1-4H3,(H,22,25). The van der Waals surface area contributed by atoms with Crippen LogP contribution < -0.4 is 15.0 Å². The summed E-state index contributed by atoms with van der Waals surface area (Å²) in [6.07, 6.45) is 0. The molecule has 0 saturated heterocycles. The molecule has 6 heteroatoms. The van der Waals surface area contributed by atoms with Crippen LogP contribution in [0.2, 0.25) is 0 Å². The summed E-state index contributed by atoms with van der Waals surface area (Å²) in [5.74, 6) is 1.46. The first kappa shape index (κ1) is 19.2. The zero-order chi connectivity index (χ0) is 19.4. The lowest BCUT2D eigenvalue weighted by atomic mass is 10.1. The zero-order valence-electron chi connectivity index (χ0n) is 16.4. The Balaban J connectivity index is 1.88. The Morgan fingerprint density at radius 1 is 0.778 bits per heavy atom. The highest BCUT2D eigenvalue weighted by molar-refractivity contribution is 6.05. The quantitative estimate of drug-likeness (QED) is 0.619. The Morgan fingerprint density at radius 3 is 1.93 bits per heavy atom. The molecule has 0 saturated carbocycles. The van der Waals surface area contributed by atoms with Crippen molar-refractivity contribution in [2.75, 3.05) is 54.5 Å². The minimum absolute atomic E-state index is 0.124. The van der Waals surface area contributed by atoms with Gasteiger partial charge in [-0.1, -0.05) is 0 Å². The van der Waals surface area contributed by atoms with E-state index in [1.165, 1.54) is 0 Å². The Labute approximate surface area is 159 Å². The van der Waals surface area contributed by atoms with Gasteiger partial charge in [0.2, 0.25) is 0 Å². The summed E-state index contributed by atoms with van der Waals surface area (Å²) >= 11 is 0. The molecule has 1 aromatic heterocycles. The number of aromatic amines is 1. The smallest absolute Gasteiger partial charge is 0.256 e. The third-order valence-corrected chi connectivity index (χ3v) is 4.38. The fourth-order valence-electron chi connectivity index (χ4n) is 2.87. The molecule has 2 aromatic carbocycles. The number of fused-ring (bicyclic) bond motifs is 3. The molecule has 6 nitrogen and oxygen atoms in total. The van der Waals surface area contributed by atoms with Gasteiger partial charge < -0.3 is 24.3 Å². The van der Waals surface area contributed by atoms with Crippen LogP contribution in [0.3, 0.4) is 0 Å². The first-order valence-corrected chi connectivity index (χ1v) is 9.09. The van der Waals surface area contributed by atoms with Gasteiger partial charge in [0, 0.05) is 24.5 Å². The third-order valence-electron chi connectivity index (χ3n) is 4.38. The molecule has 0 amide bonds. The second kappa shape index (κ2) is 8.41. The van der Waals surface area contributed by atoms with Crippen LogP contribution in [-0.2, 0) is 0 Å². The maximum absolute atomic E-state index is 12.6. The van der Waals surface area contributed by atoms with Crippen molar-refractivity contribution in [1.29, 1.82) is 0 Å². The van der Waals surface area contributed by atoms with E-state index in [-0.39, 0.29) is 5.56 Å². The fourth-order valence-corrected chi connectivity index (χ4v) is 2.87. The van der Waals surface area contributed by atoms with Crippen molar-refractivity contribution in [3.05, 3.63) is 46.8 Å². The average molecular weight is 369 g/mol. The molecule has 0 spiro atoms. The molecule has 144 valence electrons. The first-order valence-electron chi connectivity index (χ1n) is 9.09. The molecule has 3 aromatic rings. The molecule has 0 unspecified atom stereocenters. The van der Waals surface area contributed by atoms with Gasteiger partial charge in [0.05, 0.1) is 10.9 Å². The van der Waals surface area contributed by atoms with E-state index in [2.05, 4.69) is 14.8 Å². The Hall–Kier alpha value is -2.57. The van der Waals surface area contributed by atoms with Crippen LogP contribution >= 0.6 is 0 Å². The van der Waals surface area contributed by atoms with Crippen molar-refractivity contribution < 1.29 is 9.47 Å². The minimum Gasteiger partial charge on any atom is -0.492 e. The molecule has 1 N–H and O–H groups in total. The number of hydrogen-bond donors (Lipinski definition) is 1. The van der Waals surface area contributed by atoms with E-state index in [1.807, 2.05) is 64.6 Å². The van der Waals surface area contributed by atoms with E-state index >= 15 is 0 Å². The second-order valence-corrected chi connectivity index (χ2v) is 7.17. The van der Waals surface area contributed by atoms with Gasteiger partial charge in [-0.3, -0.25) is 4.79 Å². The number of nitrogens with zero attached hydrogens (tertiary/aromatic N) is 2. The molecular weight excluding hydrogens is 342 g/mol. The Morgan fingerprint density at radius 2 is 1.33 bits per heavy atom. The van der Waals surface area contributed by atoms with Crippen molar-refractivity contribution in [3.63, 3.8) is 0 Å². The lowest BCUT2D eigenvalue weighted by Gasteiger charge is -2.13. The zero-order valence-corrected chi connectivity index (χ0v) is 16.4.